The van der Waals surface area contributed by atoms with Crippen LogP contribution < -0.4 is 0 Å². The number of carbonyl (C=O) groups excluding carboxylic acids is 1. The quantitative estimate of drug-likeness (QED) is 0.738. The minimum absolute atomic E-state index is 0.0219. The Hall–Kier alpha value is -1.43. The van der Waals surface area contributed by atoms with E-state index in [1.807, 2.05) is 11.8 Å². The molecule has 0 aromatic carbocycles. The van der Waals surface area contributed by atoms with Crippen molar-refractivity contribution < 1.29 is 9.53 Å². The number of rotatable bonds is 8. The van der Waals surface area contributed by atoms with Crippen molar-refractivity contribution in [2.45, 2.75) is 65.6 Å². The predicted octanol–water partition coefficient (Wildman–Crippen LogP) is 2.11. The smallest absolute Gasteiger partial charge is 0.224 e. The number of hydrogen-bond donors (Lipinski definition) is 0. The van der Waals surface area contributed by atoms with Gasteiger partial charge in [-0.05, 0) is 19.8 Å². The van der Waals surface area contributed by atoms with Crippen LogP contribution in [0.25, 0.3) is 0 Å². The van der Waals surface area contributed by atoms with Crippen molar-refractivity contribution in [3.63, 3.8) is 0 Å². The lowest BCUT2D eigenvalue weighted by Gasteiger charge is -2.55. The minimum atomic E-state index is 0.0219. The fourth-order valence-corrected chi connectivity index (χ4v) is 3.27. The van der Waals surface area contributed by atoms with Crippen molar-refractivity contribution in [3.8, 4) is 0 Å². The van der Waals surface area contributed by atoms with Crippen LogP contribution in [0.2, 0.25) is 0 Å². The van der Waals surface area contributed by atoms with Crippen molar-refractivity contribution >= 4 is 5.91 Å². The second-order valence-electron chi connectivity index (χ2n) is 6.51. The highest BCUT2D eigenvalue weighted by molar-refractivity contribution is 5.76. The van der Waals surface area contributed by atoms with Gasteiger partial charge in [-0.1, -0.05) is 20.8 Å². The van der Waals surface area contributed by atoms with Crippen LogP contribution in [0, 0.1) is 5.41 Å². The Labute approximate surface area is 132 Å². The fraction of sp³-hybridized carbons (Fsp3) is 0.812. The van der Waals surface area contributed by atoms with Gasteiger partial charge in [0.2, 0.25) is 5.91 Å². The van der Waals surface area contributed by atoms with E-state index in [0.29, 0.717) is 13.0 Å². The van der Waals surface area contributed by atoms with Gasteiger partial charge in [0.1, 0.15) is 12.7 Å². The molecule has 1 fully saturated rings. The molecule has 0 N–H and O–H groups in total. The molecule has 1 saturated carbocycles. The van der Waals surface area contributed by atoms with E-state index in [1.54, 1.807) is 11.0 Å². The summed E-state index contributed by atoms with van der Waals surface area (Å²) in [6, 6.07) is 0.271. The largest absolute Gasteiger partial charge is 0.378 e. The van der Waals surface area contributed by atoms with Crippen LogP contribution in [0.1, 0.15) is 47.0 Å². The first-order valence-corrected chi connectivity index (χ1v) is 8.24. The molecule has 2 atom stereocenters. The zero-order valence-electron chi connectivity index (χ0n) is 14.2. The molecular formula is C16H28N4O2. The van der Waals surface area contributed by atoms with E-state index in [0.717, 1.165) is 26.0 Å². The second-order valence-corrected chi connectivity index (χ2v) is 6.51. The maximum atomic E-state index is 12.6. The molecule has 0 spiro atoms. The molecule has 6 nitrogen and oxygen atoms in total. The van der Waals surface area contributed by atoms with Crippen LogP contribution in [0.4, 0.5) is 0 Å². The van der Waals surface area contributed by atoms with Gasteiger partial charge >= 0.3 is 0 Å². The molecule has 1 aromatic rings. The third-order valence-corrected chi connectivity index (χ3v) is 4.68. The summed E-state index contributed by atoms with van der Waals surface area (Å²) in [5.41, 5.74) is 0.0219. The molecule has 22 heavy (non-hydrogen) atoms. The summed E-state index contributed by atoms with van der Waals surface area (Å²) in [6.07, 6.45) is 5.78. The summed E-state index contributed by atoms with van der Waals surface area (Å²) < 4.78 is 7.50. The molecule has 0 aliphatic heterocycles. The van der Waals surface area contributed by atoms with Crippen LogP contribution in [-0.4, -0.2) is 50.9 Å². The maximum absolute atomic E-state index is 12.6. The SMILES string of the molecule is CCCN(C(=O)CCn1cncn1)[C@@H]1C[C@H](OCC)C1(C)C. The van der Waals surface area contributed by atoms with Gasteiger partial charge in [-0.3, -0.25) is 9.48 Å². The standard InChI is InChI=1S/C16H28N4O2/c1-5-8-20(13-10-14(22-6-2)16(13,3)4)15(21)7-9-19-12-17-11-18-19/h11-14H,5-10H2,1-4H3/t13-,14+/m1/s1. The fourth-order valence-electron chi connectivity index (χ4n) is 3.27. The maximum Gasteiger partial charge on any atom is 0.224 e. The van der Waals surface area contributed by atoms with Crippen LogP contribution in [0.15, 0.2) is 12.7 Å². The summed E-state index contributed by atoms with van der Waals surface area (Å²) in [6.45, 7) is 10.7. The van der Waals surface area contributed by atoms with Gasteiger partial charge in [0.05, 0.1) is 12.6 Å². The van der Waals surface area contributed by atoms with Crippen molar-refractivity contribution in [2.75, 3.05) is 13.2 Å². The van der Waals surface area contributed by atoms with Gasteiger partial charge in [0.25, 0.3) is 0 Å². The van der Waals surface area contributed by atoms with Crippen LogP contribution >= 0.6 is 0 Å². The first-order valence-electron chi connectivity index (χ1n) is 8.24. The molecule has 6 heteroatoms. The third kappa shape index (κ3) is 3.48. The molecule has 1 heterocycles. The van der Waals surface area contributed by atoms with Crippen LogP contribution in [0.3, 0.4) is 0 Å². The van der Waals surface area contributed by atoms with Crippen LogP contribution in [-0.2, 0) is 16.1 Å². The Kier molecular flexibility index (Phi) is 5.56. The summed E-state index contributed by atoms with van der Waals surface area (Å²) in [5.74, 6) is 0.199. The van der Waals surface area contributed by atoms with E-state index >= 15 is 0 Å². The summed E-state index contributed by atoms with van der Waals surface area (Å²) in [5, 5.41) is 4.05. The molecule has 0 radical (unpaired) electrons. The van der Waals surface area contributed by atoms with E-state index < -0.39 is 0 Å². The highest BCUT2D eigenvalue weighted by Crippen LogP contribution is 2.46. The second kappa shape index (κ2) is 7.22. The summed E-state index contributed by atoms with van der Waals surface area (Å²) >= 11 is 0. The number of hydrogen-bond acceptors (Lipinski definition) is 4. The van der Waals surface area contributed by atoms with Crippen molar-refractivity contribution in [1.29, 1.82) is 0 Å². The number of amides is 1. The first kappa shape index (κ1) is 16.9. The van der Waals surface area contributed by atoms with Gasteiger partial charge in [-0.2, -0.15) is 5.10 Å². The normalized spacial score (nSPS) is 23.1. The topological polar surface area (TPSA) is 60.2 Å². The Morgan fingerprint density at radius 1 is 1.45 bits per heavy atom. The number of nitrogens with zero attached hydrogens (tertiary/aromatic N) is 4. The lowest BCUT2D eigenvalue weighted by atomic mass is 9.63. The number of carbonyl (C=O) groups is 1. The molecule has 0 saturated heterocycles. The average Bonchev–Trinajstić information content (AvgIpc) is 3.00. The molecule has 1 aliphatic carbocycles. The Balaban J connectivity index is 1.96. The van der Waals surface area contributed by atoms with Gasteiger partial charge in [-0.25, -0.2) is 4.98 Å². The van der Waals surface area contributed by atoms with E-state index in [9.17, 15) is 4.79 Å². The Morgan fingerprint density at radius 2 is 2.23 bits per heavy atom. The Bertz CT molecular complexity index is 473. The highest BCUT2D eigenvalue weighted by atomic mass is 16.5. The third-order valence-electron chi connectivity index (χ3n) is 4.68. The molecule has 0 bridgehead atoms. The molecule has 1 aromatic heterocycles. The monoisotopic (exact) mass is 308 g/mol. The van der Waals surface area contributed by atoms with Gasteiger partial charge in [-0.15, -0.1) is 0 Å². The van der Waals surface area contributed by atoms with E-state index in [2.05, 4.69) is 30.9 Å². The first-order chi connectivity index (χ1) is 10.5. The predicted molar refractivity (Wildman–Crippen MR) is 84.2 cm³/mol. The summed E-state index contributed by atoms with van der Waals surface area (Å²) in [4.78, 5) is 18.6. The van der Waals surface area contributed by atoms with E-state index in [1.165, 1.54) is 6.33 Å². The molecule has 0 unspecified atom stereocenters. The van der Waals surface area contributed by atoms with E-state index in [4.69, 9.17) is 4.74 Å². The zero-order valence-corrected chi connectivity index (χ0v) is 14.2. The molecule has 124 valence electrons. The minimum Gasteiger partial charge on any atom is -0.378 e. The van der Waals surface area contributed by atoms with E-state index in [-0.39, 0.29) is 23.5 Å². The number of aromatic nitrogens is 3. The number of aryl methyl sites for hydroxylation is 1. The Morgan fingerprint density at radius 3 is 2.77 bits per heavy atom. The van der Waals surface area contributed by atoms with Gasteiger partial charge < -0.3 is 9.64 Å². The molecule has 1 amide bonds. The molecular weight excluding hydrogens is 280 g/mol. The lowest BCUT2D eigenvalue weighted by molar-refractivity contribution is -0.167. The van der Waals surface area contributed by atoms with Gasteiger partial charge in [0.15, 0.2) is 0 Å². The zero-order chi connectivity index (χ0) is 16.2. The lowest BCUT2D eigenvalue weighted by Crippen LogP contribution is -2.63. The van der Waals surface area contributed by atoms with Crippen LogP contribution in [0.5, 0.6) is 0 Å². The molecule has 1 aliphatic rings. The molecule has 2 rings (SSSR count). The summed E-state index contributed by atoms with van der Waals surface area (Å²) in [7, 11) is 0. The van der Waals surface area contributed by atoms with Crippen molar-refractivity contribution in [1.82, 2.24) is 19.7 Å². The van der Waals surface area contributed by atoms with Crippen molar-refractivity contribution in [2.24, 2.45) is 5.41 Å². The average molecular weight is 308 g/mol. The number of ether oxygens (including phenoxy) is 1. The van der Waals surface area contributed by atoms with Crippen molar-refractivity contribution in [3.05, 3.63) is 12.7 Å². The highest BCUT2D eigenvalue weighted by Gasteiger charge is 2.52. The van der Waals surface area contributed by atoms with Gasteiger partial charge in [0, 0.05) is 31.0 Å².